The number of halogens is 2. The number of nitrogens with one attached hydrogen (secondary N) is 1. The highest BCUT2D eigenvalue weighted by Gasteiger charge is 2.20. The molecule has 1 rings (SSSR count). The van der Waals surface area contributed by atoms with Crippen molar-refractivity contribution in [2.24, 2.45) is 0 Å². The number of aliphatic hydroxyl groups excluding tert-OH is 1. The number of aliphatic hydroxyl groups is 1. The van der Waals surface area contributed by atoms with Gasteiger partial charge in [-0.25, -0.2) is 8.78 Å². The molecule has 0 aromatic heterocycles. The number of rotatable bonds is 3. The van der Waals surface area contributed by atoms with Gasteiger partial charge >= 0.3 is 0 Å². The van der Waals surface area contributed by atoms with Crippen molar-refractivity contribution in [3.8, 4) is 0 Å². The molecule has 0 saturated carbocycles. The lowest BCUT2D eigenvalue weighted by Gasteiger charge is -2.12. The van der Waals surface area contributed by atoms with Crippen LogP contribution in [0.4, 0.5) is 14.5 Å². The first-order chi connectivity index (χ1) is 7.47. The van der Waals surface area contributed by atoms with E-state index < -0.39 is 29.1 Å². The number of benzene rings is 1. The van der Waals surface area contributed by atoms with E-state index in [9.17, 15) is 13.6 Å². The van der Waals surface area contributed by atoms with Crippen LogP contribution in [0.2, 0.25) is 0 Å². The molecule has 1 atom stereocenters. The molecule has 0 bridgehead atoms. The van der Waals surface area contributed by atoms with Crippen LogP contribution in [0.5, 0.6) is 0 Å². The van der Waals surface area contributed by atoms with Gasteiger partial charge in [0.25, 0.3) is 5.91 Å². The number of carbonyl (C=O) groups is 1. The van der Waals surface area contributed by atoms with E-state index in [0.29, 0.717) is 0 Å². The van der Waals surface area contributed by atoms with E-state index in [-0.39, 0.29) is 12.3 Å². The molecule has 6 heteroatoms. The van der Waals surface area contributed by atoms with Crippen LogP contribution in [-0.4, -0.2) is 23.7 Å². The van der Waals surface area contributed by atoms with Crippen molar-refractivity contribution < 1.29 is 18.7 Å². The highest BCUT2D eigenvalue weighted by atomic mass is 19.1. The van der Waals surface area contributed by atoms with Crippen molar-refractivity contribution in [2.45, 2.75) is 13.0 Å². The van der Waals surface area contributed by atoms with Crippen LogP contribution in [0, 0.1) is 11.6 Å². The van der Waals surface area contributed by atoms with Gasteiger partial charge in [-0.2, -0.15) is 0 Å². The van der Waals surface area contributed by atoms with E-state index in [1.165, 1.54) is 6.92 Å². The number of nitrogens with two attached hydrogens (primary N) is 1. The summed E-state index contributed by atoms with van der Waals surface area (Å²) in [6, 6.07) is 1.36. The van der Waals surface area contributed by atoms with E-state index >= 15 is 0 Å². The van der Waals surface area contributed by atoms with E-state index in [2.05, 4.69) is 5.32 Å². The molecule has 0 heterocycles. The van der Waals surface area contributed by atoms with Gasteiger partial charge in [0.1, 0.15) is 11.4 Å². The molecule has 1 aromatic carbocycles. The second-order valence-electron chi connectivity index (χ2n) is 3.38. The van der Waals surface area contributed by atoms with E-state index in [0.717, 1.165) is 12.1 Å². The van der Waals surface area contributed by atoms with Crippen molar-refractivity contribution in [3.63, 3.8) is 0 Å². The minimum Gasteiger partial charge on any atom is -0.396 e. The van der Waals surface area contributed by atoms with Crippen LogP contribution < -0.4 is 11.1 Å². The topological polar surface area (TPSA) is 75.3 Å². The maximum Gasteiger partial charge on any atom is 0.257 e. The molecule has 1 aromatic rings. The Morgan fingerprint density at radius 2 is 2.19 bits per heavy atom. The molecule has 4 nitrogen and oxygen atoms in total. The van der Waals surface area contributed by atoms with Gasteiger partial charge in [-0.15, -0.1) is 0 Å². The van der Waals surface area contributed by atoms with Crippen LogP contribution in [0.3, 0.4) is 0 Å². The van der Waals surface area contributed by atoms with Gasteiger partial charge in [0.2, 0.25) is 0 Å². The Morgan fingerprint density at radius 3 is 2.75 bits per heavy atom. The zero-order valence-corrected chi connectivity index (χ0v) is 8.63. The van der Waals surface area contributed by atoms with Crippen LogP contribution in [0.15, 0.2) is 12.1 Å². The summed E-state index contributed by atoms with van der Waals surface area (Å²) in [6.07, 6.45) is 0. The summed E-state index contributed by atoms with van der Waals surface area (Å²) < 4.78 is 26.6. The molecule has 4 N–H and O–H groups in total. The maximum absolute atomic E-state index is 13.4. The second-order valence-corrected chi connectivity index (χ2v) is 3.38. The van der Waals surface area contributed by atoms with Gasteiger partial charge in [-0.05, 0) is 19.1 Å². The monoisotopic (exact) mass is 230 g/mol. The van der Waals surface area contributed by atoms with Gasteiger partial charge < -0.3 is 16.2 Å². The third-order valence-electron chi connectivity index (χ3n) is 2.00. The van der Waals surface area contributed by atoms with Gasteiger partial charge in [0.15, 0.2) is 5.82 Å². The Labute approximate surface area is 91.1 Å². The van der Waals surface area contributed by atoms with Gasteiger partial charge in [-0.1, -0.05) is 0 Å². The number of hydrogen-bond donors (Lipinski definition) is 3. The predicted molar refractivity (Wildman–Crippen MR) is 54.8 cm³/mol. The Kier molecular flexibility index (Phi) is 3.78. The normalized spacial score (nSPS) is 12.2. The van der Waals surface area contributed by atoms with Crippen molar-refractivity contribution >= 4 is 11.6 Å². The van der Waals surface area contributed by atoms with E-state index in [1.54, 1.807) is 0 Å². The Morgan fingerprint density at radius 1 is 1.56 bits per heavy atom. The molecule has 1 amide bonds. The summed E-state index contributed by atoms with van der Waals surface area (Å²) in [7, 11) is 0. The SMILES string of the molecule is C[C@H](CO)NC(=O)c1c(F)ccc(N)c1F. The molecular weight excluding hydrogens is 218 g/mol. The summed E-state index contributed by atoms with van der Waals surface area (Å²) >= 11 is 0. The quantitative estimate of drug-likeness (QED) is 0.667. The Hall–Kier alpha value is -1.69. The number of nitrogen functional groups attached to an aromatic ring is 1. The van der Waals surface area contributed by atoms with Gasteiger partial charge in [0, 0.05) is 6.04 Å². The fraction of sp³-hybridized carbons (Fsp3) is 0.300. The summed E-state index contributed by atoms with van der Waals surface area (Å²) in [5, 5.41) is 10.9. The lowest BCUT2D eigenvalue weighted by molar-refractivity contribution is 0.0914. The van der Waals surface area contributed by atoms with Crippen molar-refractivity contribution in [2.75, 3.05) is 12.3 Å². The van der Waals surface area contributed by atoms with Crippen molar-refractivity contribution in [1.82, 2.24) is 5.32 Å². The minimum absolute atomic E-state index is 0.303. The largest absolute Gasteiger partial charge is 0.396 e. The highest BCUT2D eigenvalue weighted by molar-refractivity contribution is 5.95. The van der Waals surface area contributed by atoms with Crippen LogP contribution in [-0.2, 0) is 0 Å². The molecule has 0 saturated heterocycles. The number of hydrogen-bond acceptors (Lipinski definition) is 3. The fourth-order valence-corrected chi connectivity index (χ4v) is 1.12. The number of amides is 1. The van der Waals surface area contributed by atoms with Crippen LogP contribution in [0.1, 0.15) is 17.3 Å². The first-order valence-electron chi connectivity index (χ1n) is 4.62. The maximum atomic E-state index is 13.4. The molecule has 0 spiro atoms. The average Bonchev–Trinajstić information content (AvgIpc) is 2.24. The third kappa shape index (κ3) is 2.46. The molecule has 0 aliphatic rings. The predicted octanol–water partition coefficient (Wildman–Crippen LogP) is 0.658. The molecule has 0 aliphatic heterocycles. The minimum atomic E-state index is -1.09. The second kappa shape index (κ2) is 4.89. The average molecular weight is 230 g/mol. The smallest absolute Gasteiger partial charge is 0.257 e. The van der Waals surface area contributed by atoms with E-state index in [1.807, 2.05) is 0 Å². The van der Waals surface area contributed by atoms with Gasteiger partial charge in [-0.3, -0.25) is 4.79 Å². The fourth-order valence-electron chi connectivity index (χ4n) is 1.12. The molecular formula is C10H12F2N2O2. The standard InChI is InChI=1S/C10H12F2N2O2/c1-5(4-15)14-10(16)8-6(11)2-3-7(13)9(8)12/h2-3,5,15H,4,13H2,1H3,(H,14,16)/t5-/m1/s1. The summed E-state index contributed by atoms with van der Waals surface area (Å²) in [5.41, 5.74) is 4.18. The third-order valence-corrected chi connectivity index (χ3v) is 2.00. The lowest BCUT2D eigenvalue weighted by atomic mass is 10.1. The highest BCUT2D eigenvalue weighted by Crippen LogP contribution is 2.18. The Bertz CT molecular complexity index is 410. The first-order valence-corrected chi connectivity index (χ1v) is 4.62. The zero-order valence-electron chi connectivity index (χ0n) is 8.63. The van der Waals surface area contributed by atoms with Crippen LogP contribution >= 0.6 is 0 Å². The summed E-state index contributed by atoms with van der Waals surface area (Å²) in [4.78, 5) is 11.5. The number of carbonyl (C=O) groups excluding carboxylic acids is 1. The Balaban J connectivity index is 3.03. The molecule has 0 radical (unpaired) electrons. The van der Waals surface area contributed by atoms with Crippen molar-refractivity contribution in [3.05, 3.63) is 29.3 Å². The first kappa shape index (κ1) is 12.4. The summed E-state index contributed by atoms with van der Waals surface area (Å²) in [5.74, 6) is -3.03. The molecule has 0 unspecified atom stereocenters. The number of anilines is 1. The molecule has 0 fully saturated rings. The van der Waals surface area contributed by atoms with Crippen molar-refractivity contribution in [1.29, 1.82) is 0 Å². The molecule has 88 valence electrons. The summed E-state index contributed by atoms with van der Waals surface area (Å²) in [6.45, 7) is 1.18. The zero-order chi connectivity index (χ0) is 12.3. The lowest BCUT2D eigenvalue weighted by Crippen LogP contribution is -2.36. The van der Waals surface area contributed by atoms with Crippen LogP contribution in [0.25, 0.3) is 0 Å². The molecule has 0 aliphatic carbocycles. The van der Waals surface area contributed by atoms with E-state index in [4.69, 9.17) is 10.8 Å². The molecule has 16 heavy (non-hydrogen) atoms. The van der Waals surface area contributed by atoms with Gasteiger partial charge in [0.05, 0.1) is 12.3 Å².